The van der Waals surface area contributed by atoms with Crippen molar-refractivity contribution in [2.75, 3.05) is 0 Å². The third kappa shape index (κ3) is 3.14. The summed E-state index contributed by atoms with van der Waals surface area (Å²) in [5.74, 6) is 4.89. The minimum absolute atomic E-state index is 0.0556. The molecule has 4 heteroatoms. The van der Waals surface area contributed by atoms with E-state index in [1.165, 1.54) is 0 Å². The number of hydrogen-bond acceptors (Lipinski definition) is 2. The van der Waals surface area contributed by atoms with Crippen LogP contribution in [0, 0.1) is 0 Å². The molecular formula is C5H13BN2O. The van der Waals surface area contributed by atoms with Crippen LogP contribution in [0.5, 0.6) is 0 Å². The number of rotatable bonds is 3. The van der Waals surface area contributed by atoms with Crippen LogP contribution in [0.25, 0.3) is 0 Å². The molecule has 3 N–H and O–H groups in total. The van der Waals surface area contributed by atoms with Crippen LogP contribution in [0.15, 0.2) is 0 Å². The van der Waals surface area contributed by atoms with Crippen molar-refractivity contribution in [2.45, 2.75) is 26.0 Å². The van der Waals surface area contributed by atoms with E-state index in [4.69, 9.17) is 5.84 Å². The van der Waals surface area contributed by atoms with Gasteiger partial charge in [0, 0.05) is 5.82 Å². The molecule has 0 aliphatic heterocycles. The van der Waals surface area contributed by atoms with Crippen LogP contribution < -0.4 is 11.3 Å². The maximum atomic E-state index is 10.7. The minimum Gasteiger partial charge on any atom is -0.295 e. The van der Waals surface area contributed by atoms with Crippen molar-refractivity contribution in [3.05, 3.63) is 0 Å². The van der Waals surface area contributed by atoms with Crippen LogP contribution in [0.4, 0.5) is 0 Å². The van der Waals surface area contributed by atoms with Gasteiger partial charge in [-0.1, -0.05) is 20.2 Å². The van der Waals surface area contributed by atoms with E-state index in [2.05, 4.69) is 5.43 Å². The van der Waals surface area contributed by atoms with E-state index in [1.54, 1.807) is 0 Å². The number of hydrogen-bond donors (Lipinski definition) is 2. The highest BCUT2D eigenvalue weighted by atomic mass is 16.2. The minimum atomic E-state index is -0.0724. The fourth-order valence-corrected chi connectivity index (χ4v) is 0.706. The molecule has 52 valence electrons. The number of nitrogens with one attached hydrogen (secondary N) is 1. The molecule has 0 rings (SSSR count). The summed E-state index contributed by atoms with van der Waals surface area (Å²) in [4.78, 5) is 10.7. The first-order chi connectivity index (χ1) is 4.22. The highest BCUT2D eigenvalue weighted by Crippen LogP contribution is 2.00. The van der Waals surface area contributed by atoms with Gasteiger partial charge in [-0.3, -0.25) is 10.2 Å². The standard InChI is InChI=1S/C5H13BN2O/c1-3-6-4(2)5(9)8-7/h4,6H,3,7H2,1-2H3,(H,8,9). The zero-order valence-electron chi connectivity index (χ0n) is 5.98. The molecule has 0 aliphatic carbocycles. The molecule has 0 bridgehead atoms. The van der Waals surface area contributed by atoms with Crippen molar-refractivity contribution in [1.29, 1.82) is 0 Å². The number of nitrogens with two attached hydrogens (primary N) is 1. The molecule has 0 saturated heterocycles. The topological polar surface area (TPSA) is 55.1 Å². The molecule has 0 heterocycles. The van der Waals surface area contributed by atoms with Gasteiger partial charge in [0.05, 0.1) is 0 Å². The smallest absolute Gasteiger partial charge is 0.229 e. The summed E-state index contributed by atoms with van der Waals surface area (Å²) in [7, 11) is 0.906. The Hall–Kier alpha value is -0.505. The second-order valence-corrected chi connectivity index (χ2v) is 2.20. The SMILES string of the molecule is CCBC(C)C(=O)NN. The second-order valence-electron chi connectivity index (χ2n) is 2.20. The van der Waals surface area contributed by atoms with E-state index in [1.807, 2.05) is 13.8 Å². The molecular weight excluding hydrogens is 115 g/mol. The predicted octanol–water partition coefficient (Wildman–Crippen LogP) is -0.341. The Balaban J connectivity index is 3.45. The number of carbonyl (C=O) groups is 1. The maximum Gasteiger partial charge on any atom is 0.229 e. The Kier molecular flexibility index (Phi) is 4.14. The van der Waals surface area contributed by atoms with Gasteiger partial charge in [-0.2, -0.15) is 0 Å². The van der Waals surface area contributed by atoms with Gasteiger partial charge in [0.2, 0.25) is 5.91 Å². The summed E-state index contributed by atoms with van der Waals surface area (Å²) in [5, 5.41) is 0. The molecule has 9 heavy (non-hydrogen) atoms. The van der Waals surface area contributed by atoms with Gasteiger partial charge in [0.1, 0.15) is 7.28 Å². The second kappa shape index (κ2) is 4.38. The molecule has 0 radical (unpaired) electrons. The molecule has 1 amide bonds. The lowest BCUT2D eigenvalue weighted by Gasteiger charge is -2.04. The molecule has 0 spiro atoms. The monoisotopic (exact) mass is 128 g/mol. The van der Waals surface area contributed by atoms with Gasteiger partial charge in [0.15, 0.2) is 0 Å². The van der Waals surface area contributed by atoms with Crippen molar-refractivity contribution in [3.8, 4) is 0 Å². The lowest BCUT2D eigenvalue weighted by atomic mass is 9.63. The predicted molar refractivity (Wildman–Crippen MR) is 39.4 cm³/mol. The molecule has 0 fully saturated rings. The van der Waals surface area contributed by atoms with Crippen LogP contribution in [0.3, 0.4) is 0 Å². The highest BCUT2D eigenvalue weighted by molar-refractivity contribution is 6.43. The van der Waals surface area contributed by atoms with Crippen molar-refractivity contribution in [3.63, 3.8) is 0 Å². The van der Waals surface area contributed by atoms with Gasteiger partial charge < -0.3 is 0 Å². The summed E-state index contributed by atoms with van der Waals surface area (Å²) in [5.41, 5.74) is 2.11. The molecule has 1 unspecified atom stereocenters. The molecule has 1 atom stereocenters. The first kappa shape index (κ1) is 8.49. The molecule has 0 saturated carbocycles. The maximum absolute atomic E-state index is 10.7. The Morgan fingerprint density at radius 2 is 2.44 bits per heavy atom. The number of hydrazine groups is 1. The number of carbonyl (C=O) groups excluding carboxylic acids is 1. The fourth-order valence-electron chi connectivity index (χ4n) is 0.706. The zero-order valence-corrected chi connectivity index (χ0v) is 5.98. The van der Waals surface area contributed by atoms with Crippen molar-refractivity contribution < 1.29 is 4.79 Å². The third-order valence-electron chi connectivity index (χ3n) is 1.31. The van der Waals surface area contributed by atoms with Crippen LogP contribution >= 0.6 is 0 Å². The summed E-state index contributed by atoms with van der Waals surface area (Å²) in [6, 6.07) is 0. The lowest BCUT2D eigenvalue weighted by molar-refractivity contribution is -0.120. The quantitative estimate of drug-likeness (QED) is 0.236. The Morgan fingerprint density at radius 3 is 2.78 bits per heavy atom. The van der Waals surface area contributed by atoms with Crippen LogP contribution in [-0.4, -0.2) is 13.2 Å². The van der Waals surface area contributed by atoms with E-state index in [0.29, 0.717) is 0 Å². The first-order valence-corrected chi connectivity index (χ1v) is 3.22. The summed E-state index contributed by atoms with van der Waals surface area (Å²) in [6.45, 7) is 3.91. The molecule has 0 aromatic heterocycles. The van der Waals surface area contributed by atoms with E-state index in [-0.39, 0.29) is 11.7 Å². The van der Waals surface area contributed by atoms with Gasteiger partial charge in [-0.15, -0.1) is 0 Å². The van der Waals surface area contributed by atoms with Gasteiger partial charge >= 0.3 is 0 Å². The zero-order chi connectivity index (χ0) is 7.28. The van der Waals surface area contributed by atoms with E-state index >= 15 is 0 Å². The Labute approximate surface area is 56.2 Å². The largest absolute Gasteiger partial charge is 0.295 e. The van der Waals surface area contributed by atoms with Crippen LogP contribution in [-0.2, 0) is 4.79 Å². The lowest BCUT2D eigenvalue weighted by Crippen LogP contribution is -2.34. The molecule has 0 aliphatic rings. The van der Waals surface area contributed by atoms with E-state index < -0.39 is 0 Å². The van der Waals surface area contributed by atoms with Crippen molar-refractivity contribution in [1.82, 2.24) is 5.43 Å². The van der Waals surface area contributed by atoms with Gasteiger partial charge in [-0.05, 0) is 0 Å². The fraction of sp³-hybridized carbons (Fsp3) is 0.800. The first-order valence-electron chi connectivity index (χ1n) is 3.22. The molecule has 3 nitrogen and oxygen atoms in total. The Morgan fingerprint density at radius 1 is 1.89 bits per heavy atom. The average molecular weight is 128 g/mol. The highest BCUT2D eigenvalue weighted by Gasteiger charge is 2.09. The third-order valence-corrected chi connectivity index (χ3v) is 1.31. The van der Waals surface area contributed by atoms with E-state index in [9.17, 15) is 4.79 Å². The van der Waals surface area contributed by atoms with Crippen molar-refractivity contribution in [2.24, 2.45) is 5.84 Å². The molecule has 0 aromatic carbocycles. The summed E-state index contributed by atoms with van der Waals surface area (Å²) < 4.78 is 0. The van der Waals surface area contributed by atoms with Crippen LogP contribution in [0.1, 0.15) is 13.8 Å². The normalized spacial score (nSPS) is 12.3. The van der Waals surface area contributed by atoms with Crippen LogP contribution in [0.2, 0.25) is 12.1 Å². The van der Waals surface area contributed by atoms with Gasteiger partial charge in [0.25, 0.3) is 0 Å². The number of amides is 1. The van der Waals surface area contributed by atoms with Crippen molar-refractivity contribution >= 4 is 13.2 Å². The van der Waals surface area contributed by atoms with Gasteiger partial charge in [-0.25, -0.2) is 5.84 Å². The summed E-state index contributed by atoms with van der Waals surface area (Å²) >= 11 is 0. The van der Waals surface area contributed by atoms with E-state index in [0.717, 1.165) is 13.6 Å². The average Bonchev–Trinajstić information content (AvgIpc) is 1.87. The molecule has 0 aromatic rings. The summed E-state index contributed by atoms with van der Waals surface area (Å²) in [6.07, 6.45) is 1.02. The Bertz CT molecular complexity index is 97.0.